The van der Waals surface area contributed by atoms with Crippen LogP contribution in [0.2, 0.25) is 5.02 Å². The molecule has 0 atom stereocenters. The summed E-state index contributed by atoms with van der Waals surface area (Å²) in [6.07, 6.45) is 5.45. The summed E-state index contributed by atoms with van der Waals surface area (Å²) in [5.41, 5.74) is 5.96. The van der Waals surface area contributed by atoms with Gasteiger partial charge in [0.1, 0.15) is 16.9 Å². The Morgan fingerprint density at radius 1 is 1.16 bits per heavy atom. The van der Waals surface area contributed by atoms with Gasteiger partial charge in [-0.05, 0) is 39.8 Å². The highest BCUT2D eigenvalue weighted by atomic mass is 35.5. The van der Waals surface area contributed by atoms with E-state index in [0.717, 1.165) is 0 Å². The molecule has 1 aromatic carbocycles. The van der Waals surface area contributed by atoms with Gasteiger partial charge in [0.05, 0.1) is 22.4 Å². The number of anilines is 1. The predicted molar refractivity (Wildman–Crippen MR) is 132 cm³/mol. The molecule has 0 radical (unpaired) electrons. The molecule has 32 heavy (non-hydrogen) atoms. The number of imidazole rings is 1. The van der Waals surface area contributed by atoms with Crippen LogP contribution < -0.4 is 5.73 Å². The van der Waals surface area contributed by atoms with E-state index < -0.39 is 11.4 Å². The number of nitrogens with two attached hydrogens (primary N) is 1. The molecular weight excluding hydrogens is 429 g/mol. The summed E-state index contributed by atoms with van der Waals surface area (Å²) in [5, 5.41) is 10.7. The summed E-state index contributed by atoms with van der Waals surface area (Å²) in [7, 11) is 0. The lowest BCUT2D eigenvalue weighted by Gasteiger charge is -2.21. The Balaban J connectivity index is 0.000000646. The third-order valence-corrected chi connectivity index (χ3v) is 4.83. The van der Waals surface area contributed by atoms with E-state index in [0.29, 0.717) is 22.6 Å². The Morgan fingerprint density at radius 2 is 1.75 bits per heavy atom. The van der Waals surface area contributed by atoms with Gasteiger partial charge in [-0.2, -0.15) is 0 Å². The van der Waals surface area contributed by atoms with Crippen LogP contribution >= 0.6 is 11.6 Å². The van der Waals surface area contributed by atoms with Crippen molar-refractivity contribution >= 4 is 28.6 Å². The molecule has 0 unspecified atom stereocenters. The maximum atomic E-state index is 14.7. The maximum Gasteiger partial charge on any atom is 0.220 e. The van der Waals surface area contributed by atoms with Gasteiger partial charge in [-0.15, -0.1) is 0 Å². The van der Waals surface area contributed by atoms with Gasteiger partial charge in [-0.1, -0.05) is 58.6 Å². The van der Waals surface area contributed by atoms with Crippen molar-refractivity contribution in [2.75, 3.05) is 5.73 Å². The van der Waals surface area contributed by atoms with Crippen LogP contribution in [0.15, 0.2) is 18.3 Å². The van der Waals surface area contributed by atoms with Crippen LogP contribution in [-0.4, -0.2) is 24.6 Å². The highest BCUT2D eigenvalue weighted by molar-refractivity contribution is 6.33. The molecule has 3 aromatic rings. The minimum absolute atomic E-state index is 0.0352. The summed E-state index contributed by atoms with van der Waals surface area (Å²) in [6.45, 7) is 15.5. The maximum absolute atomic E-state index is 14.7. The van der Waals surface area contributed by atoms with Crippen molar-refractivity contribution in [1.82, 2.24) is 19.5 Å². The average molecular weight is 466 g/mol. The first-order valence-corrected chi connectivity index (χ1v) is 11.6. The minimum Gasteiger partial charge on any atom is -0.383 e. The van der Waals surface area contributed by atoms with Crippen molar-refractivity contribution in [3.8, 4) is 11.3 Å². The van der Waals surface area contributed by atoms with Crippen LogP contribution in [-0.2, 0) is 5.60 Å². The van der Waals surface area contributed by atoms with Crippen molar-refractivity contribution in [2.24, 2.45) is 0 Å². The van der Waals surface area contributed by atoms with E-state index >= 15 is 0 Å². The summed E-state index contributed by atoms with van der Waals surface area (Å²) < 4.78 is 16.5. The summed E-state index contributed by atoms with van der Waals surface area (Å²) in [4.78, 5) is 12.3. The van der Waals surface area contributed by atoms with Crippen molar-refractivity contribution < 1.29 is 9.50 Å². The molecule has 0 aliphatic rings. The molecule has 0 saturated heterocycles. The lowest BCUT2D eigenvalue weighted by molar-refractivity contribution is 0.0641. The van der Waals surface area contributed by atoms with Gasteiger partial charge in [0, 0.05) is 11.6 Å². The Hall–Kier alpha value is -2.25. The Labute approximate surface area is 196 Å². The molecule has 0 amide bonds. The molecule has 0 fully saturated rings. The van der Waals surface area contributed by atoms with Crippen LogP contribution in [0.1, 0.15) is 86.5 Å². The van der Waals surface area contributed by atoms with Crippen LogP contribution in [0, 0.1) is 5.82 Å². The van der Waals surface area contributed by atoms with E-state index in [1.54, 1.807) is 24.5 Å². The number of nitrogens with zero attached hydrogens (tertiary/aromatic N) is 4. The van der Waals surface area contributed by atoms with Crippen LogP contribution in [0.3, 0.4) is 0 Å². The van der Waals surface area contributed by atoms with Crippen LogP contribution in [0.5, 0.6) is 0 Å². The summed E-state index contributed by atoms with van der Waals surface area (Å²) in [6, 6.07) is 3.02. The minimum atomic E-state index is -1.22. The number of hydrogen-bond donors (Lipinski definition) is 2. The number of aromatic nitrogens is 4. The Kier molecular flexibility index (Phi) is 10.5. The molecule has 2 heterocycles. The zero-order valence-electron chi connectivity index (χ0n) is 20.5. The molecule has 6 nitrogen and oxygen atoms in total. The zero-order chi connectivity index (χ0) is 24.6. The molecule has 0 spiro atoms. The zero-order valence-corrected chi connectivity index (χ0v) is 21.3. The number of unbranched alkanes of at least 4 members (excludes halogenated alkanes) is 2. The van der Waals surface area contributed by atoms with Crippen molar-refractivity contribution in [2.45, 2.75) is 86.3 Å². The second-order valence-corrected chi connectivity index (χ2v) is 8.47. The number of rotatable bonds is 5. The molecule has 0 bridgehead atoms. The fourth-order valence-electron chi connectivity index (χ4n) is 3.18. The number of halogens is 2. The van der Waals surface area contributed by atoms with E-state index in [1.165, 1.54) is 31.5 Å². The lowest BCUT2D eigenvalue weighted by Crippen LogP contribution is -2.23. The first kappa shape index (κ1) is 27.8. The van der Waals surface area contributed by atoms with E-state index in [1.807, 2.05) is 27.7 Å². The first-order chi connectivity index (χ1) is 15.0. The highest BCUT2D eigenvalue weighted by Crippen LogP contribution is 2.34. The second kappa shape index (κ2) is 12.1. The standard InChI is InChI=1S/C17H19ClFN5O.C5H12.C2H6/c1-8(2)24-12-6-9(13-10(18)7-21-16(20)23-13)5-11(19)14(12)22-15(24)17(3,4)25;1-3-5-4-2;1-2/h5-8,25H,1-4H3,(H2,20,21,23);3-5H2,1-2H3;1-2H3. The molecule has 0 saturated carbocycles. The van der Waals surface area contributed by atoms with Crippen molar-refractivity contribution in [1.29, 1.82) is 0 Å². The molecule has 0 aliphatic carbocycles. The van der Waals surface area contributed by atoms with Gasteiger partial charge in [0.2, 0.25) is 5.95 Å². The third-order valence-electron chi connectivity index (χ3n) is 4.56. The van der Waals surface area contributed by atoms with Gasteiger partial charge in [0.25, 0.3) is 0 Å². The quantitative estimate of drug-likeness (QED) is 0.427. The first-order valence-electron chi connectivity index (χ1n) is 11.2. The van der Waals surface area contributed by atoms with Gasteiger partial charge in [-0.3, -0.25) is 0 Å². The third kappa shape index (κ3) is 6.62. The number of benzene rings is 1. The molecule has 178 valence electrons. The summed E-state index contributed by atoms with van der Waals surface area (Å²) in [5.74, 6) is -0.0815. The van der Waals surface area contributed by atoms with Gasteiger partial charge < -0.3 is 15.4 Å². The van der Waals surface area contributed by atoms with Crippen LogP contribution in [0.25, 0.3) is 22.3 Å². The van der Waals surface area contributed by atoms with E-state index in [2.05, 4.69) is 28.8 Å². The summed E-state index contributed by atoms with van der Waals surface area (Å²) >= 11 is 6.15. The largest absolute Gasteiger partial charge is 0.383 e. The smallest absolute Gasteiger partial charge is 0.220 e. The van der Waals surface area contributed by atoms with Crippen LogP contribution in [0.4, 0.5) is 10.3 Å². The van der Waals surface area contributed by atoms with Gasteiger partial charge in [0.15, 0.2) is 5.82 Å². The normalized spacial score (nSPS) is 11.1. The fourth-order valence-corrected chi connectivity index (χ4v) is 3.38. The molecule has 3 N–H and O–H groups in total. The molecular formula is C24H37ClFN5O. The number of nitrogen functional groups attached to an aromatic ring is 1. The second-order valence-electron chi connectivity index (χ2n) is 8.06. The molecule has 3 rings (SSSR count). The predicted octanol–water partition coefficient (Wildman–Crippen LogP) is 6.90. The van der Waals surface area contributed by atoms with E-state index in [-0.39, 0.29) is 22.5 Å². The molecule has 8 heteroatoms. The number of fused-ring (bicyclic) bond motifs is 1. The monoisotopic (exact) mass is 465 g/mol. The lowest BCUT2D eigenvalue weighted by atomic mass is 10.1. The van der Waals surface area contributed by atoms with E-state index in [9.17, 15) is 9.50 Å². The Morgan fingerprint density at radius 3 is 2.22 bits per heavy atom. The average Bonchev–Trinajstić information content (AvgIpc) is 3.13. The highest BCUT2D eigenvalue weighted by Gasteiger charge is 2.27. The van der Waals surface area contributed by atoms with Crippen molar-refractivity contribution in [3.05, 3.63) is 35.0 Å². The molecule has 0 aliphatic heterocycles. The van der Waals surface area contributed by atoms with E-state index in [4.69, 9.17) is 17.3 Å². The topological polar surface area (TPSA) is 89.8 Å². The number of aliphatic hydroxyl groups is 1. The van der Waals surface area contributed by atoms with Crippen molar-refractivity contribution in [3.63, 3.8) is 0 Å². The fraction of sp³-hybridized carbons (Fsp3) is 0.542. The van der Waals surface area contributed by atoms with Gasteiger partial charge >= 0.3 is 0 Å². The molecule has 2 aromatic heterocycles. The Bertz CT molecular complexity index is 1010. The SMILES string of the molecule is CC.CC(C)n1c(C(C)(C)O)nc2c(F)cc(-c3nc(N)ncc3Cl)cc21.CCCCC. The van der Waals surface area contributed by atoms with Gasteiger partial charge in [-0.25, -0.2) is 19.3 Å². The number of hydrogen-bond acceptors (Lipinski definition) is 5.